The molecule has 6 nitrogen and oxygen atoms in total. The predicted molar refractivity (Wildman–Crippen MR) is 147 cm³/mol. The molecule has 0 saturated carbocycles. The number of hydrogen-bond acceptors (Lipinski definition) is 5. The monoisotopic (exact) mass is 493 g/mol. The van der Waals surface area contributed by atoms with E-state index in [0.29, 0.717) is 17.9 Å². The van der Waals surface area contributed by atoms with Crippen molar-refractivity contribution < 1.29 is 18.7 Å². The molecular weight excluding hydrogens is 461 g/mol. The van der Waals surface area contributed by atoms with E-state index in [2.05, 4.69) is 58.1 Å². The molecular formula is C30H32BN3O3. The number of allylic oxidation sites excluding steroid dienone is 2. The largest absolute Gasteiger partial charge is 0.653 e. The maximum absolute atomic E-state index is 12.0. The summed E-state index contributed by atoms with van der Waals surface area (Å²) in [5.74, 6) is 0.433. The molecule has 0 aromatic heterocycles. The van der Waals surface area contributed by atoms with E-state index >= 15 is 0 Å². The summed E-state index contributed by atoms with van der Waals surface area (Å²) >= 11 is 0. The molecule has 2 heterocycles. The van der Waals surface area contributed by atoms with Gasteiger partial charge in [0.2, 0.25) is 0 Å². The first-order chi connectivity index (χ1) is 18.1. The number of azo groups is 1. The molecule has 0 atom stereocenters. The Balaban J connectivity index is 1.58. The second-order valence-electron chi connectivity index (χ2n) is 9.51. The summed E-state index contributed by atoms with van der Waals surface area (Å²) in [6, 6.07) is 28.1. The molecule has 5 rings (SSSR count). The molecule has 0 fully saturated rings. The number of ether oxygens (including phenoxy) is 1. The molecule has 0 bridgehead atoms. The number of esters is 1. The van der Waals surface area contributed by atoms with E-state index in [4.69, 9.17) is 14.5 Å². The minimum atomic E-state index is -1.68. The van der Waals surface area contributed by atoms with Gasteiger partial charge in [-0.1, -0.05) is 71.6 Å². The standard InChI is InChI=1S/C30H32BN3O3/c1-3-36-30(35)24-18-20-27(21-19-24)32-33-29-23(2)37-31(25-13-7-4-8-14-25,26-15-9-5-10-16-26)34-22-12-6-11-17-28(29)34/h4-5,7-10,13-16,18-21H,3,6,11-12,17,22H2,1-2H3. The van der Waals surface area contributed by atoms with E-state index in [0.717, 1.165) is 54.6 Å². The summed E-state index contributed by atoms with van der Waals surface area (Å²) in [5, 5.41) is 9.26. The summed E-state index contributed by atoms with van der Waals surface area (Å²) in [6.45, 7) is 3.35. The fraction of sp³-hybridized carbons (Fsp3) is 0.267. The van der Waals surface area contributed by atoms with Crippen LogP contribution in [0, 0.1) is 0 Å². The molecule has 2 aliphatic heterocycles. The van der Waals surface area contributed by atoms with Gasteiger partial charge in [-0.2, -0.15) is 5.11 Å². The minimum absolute atomic E-state index is 0.338. The van der Waals surface area contributed by atoms with Crippen molar-refractivity contribution in [2.75, 3.05) is 13.2 Å². The number of hydrogen-bond donors (Lipinski definition) is 0. The van der Waals surface area contributed by atoms with E-state index in [9.17, 15) is 4.79 Å². The Morgan fingerprint density at radius 2 is 1.54 bits per heavy atom. The highest BCUT2D eigenvalue weighted by atomic mass is 16.5. The van der Waals surface area contributed by atoms with Gasteiger partial charge < -0.3 is 13.9 Å². The maximum atomic E-state index is 12.0. The molecule has 0 amide bonds. The average Bonchev–Trinajstić information content (AvgIpc) is 3.20. The molecule has 37 heavy (non-hydrogen) atoms. The van der Waals surface area contributed by atoms with Crippen molar-refractivity contribution in [2.45, 2.75) is 39.5 Å². The van der Waals surface area contributed by atoms with E-state index in [1.54, 1.807) is 31.2 Å². The molecule has 0 N–H and O–H groups in total. The summed E-state index contributed by atoms with van der Waals surface area (Å²) < 4.78 is 14.5. The van der Waals surface area contributed by atoms with Gasteiger partial charge in [-0.05, 0) is 51.0 Å². The number of benzene rings is 3. The highest BCUT2D eigenvalue weighted by Gasteiger charge is 2.50. The Labute approximate surface area is 218 Å². The molecule has 0 aliphatic carbocycles. The summed E-state index contributed by atoms with van der Waals surface area (Å²) in [6.07, 6.45) is 4.27. The third kappa shape index (κ3) is 4.86. The Bertz CT molecular complexity index is 1310. The van der Waals surface area contributed by atoms with Crippen LogP contribution >= 0.6 is 0 Å². The minimum Gasteiger partial charge on any atom is -0.653 e. The quantitative estimate of drug-likeness (QED) is 0.259. The van der Waals surface area contributed by atoms with Crippen molar-refractivity contribution in [2.24, 2.45) is 10.2 Å². The Morgan fingerprint density at radius 1 is 0.892 bits per heavy atom. The highest BCUT2D eigenvalue weighted by Crippen LogP contribution is 2.29. The molecule has 0 radical (unpaired) electrons. The van der Waals surface area contributed by atoms with E-state index in [1.807, 2.05) is 19.1 Å². The second kappa shape index (κ2) is 11.0. The molecule has 0 saturated heterocycles. The van der Waals surface area contributed by atoms with E-state index in [1.165, 1.54) is 5.71 Å². The molecule has 0 unspecified atom stereocenters. The molecule has 0 spiro atoms. The van der Waals surface area contributed by atoms with Crippen LogP contribution < -0.4 is 10.9 Å². The fourth-order valence-electron chi connectivity index (χ4n) is 5.49. The van der Waals surface area contributed by atoms with Crippen molar-refractivity contribution in [1.82, 2.24) is 0 Å². The van der Waals surface area contributed by atoms with Crippen molar-refractivity contribution in [3.8, 4) is 0 Å². The van der Waals surface area contributed by atoms with E-state index in [-0.39, 0.29) is 5.97 Å². The lowest BCUT2D eigenvalue weighted by molar-refractivity contribution is -0.413. The van der Waals surface area contributed by atoms with Crippen LogP contribution in [-0.2, 0) is 9.39 Å². The first-order valence-electron chi connectivity index (χ1n) is 13.1. The van der Waals surface area contributed by atoms with Gasteiger partial charge in [-0.25, -0.2) is 4.79 Å². The lowest BCUT2D eigenvalue weighted by atomic mass is 9.40. The predicted octanol–water partition coefficient (Wildman–Crippen LogP) is 5.49. The molecule has 3 aromatic rings. The van der Waals surface area contributed by atoms with Crippen LogP contribution in [0.1, 0.15) is 49.9 Å². The van der Waals surface area contributed by atoms with Gasteiger partial charge in [0.1, 0.15) is 0 Å². The van der Waals surface area contributed by atoms with Gasteiger partial charge in [0.05, 0.1) is 30.2 Å². The van der Waals surface area contributed by atoms with Crippen molar-refractivity contribution in [3.63, 3.8) is 0 Å². The Kier molecular flexibility index (Phi) is 7.31. The maximum Gasteiger partial charge on any atom is 0.508 e. The summed E-state index contributed by atoms with van der Waals surface area (Å²) in [4.78, 5) is 12.0. The van der Waals surface area contributed by atoms with Crippen molar-refractivity contribution in [1.29, 1.82) is 0 Å². The van der Waals surface area contributed by atoms with Gasteiger partial charge in [0, 0.05) is 12.8 Å². The van der Waals surface area contributed by atoms with Crippen LogP contribution in [0.3, 0.4) is 0 Å². The first kappa shape index (κ1) is 24.7. The van der Waals surface area contributed by atoms with Crippen LogP contribution in [0.5, 0.6) is 0 Å². The number of nitrogens with zero attached hydrogens (tertiary/aromatic N) is 3. The zero-order chi connectivity index (χ0) is 25.7. The first-order valence-corrected chi connectivity index (χ1v) is 13.1. The second-order valence-corrected chi connectivity index (χ2v) is 9.51. The van der Waals surface area contributed by atoms with E-state index < -0.39 is 6.48 Å². The zero-order valence-electron chi connectivity index (χ0n) is 21.5. The van der Waals surface area contributed by atoms with Crippen molar-refractivity contribution in [3.05, 3.63) is 102 Å². The third-order valence-corrected chi connectivity index (χ3v) is 7.20. The normalized spacial score (nSPS) is 17.2. The highest BCUT2D eigenvalue weighted by molar-refractivity contribution is 6.92. The summed E-state index contributed by atoms with van der Waals surface area (Å²) in [5.41, 5.74) is 5.44. The molecule has 188 valence electrons. The van der Waals surface area contributed by atoms with Gasteiger partial charge in [0.25, 0.3) is 0 Å². The Hall–Kier alpha value is -4.00. The van der Waals surface area contributed by atoms with Gasteiger partial charge in [-0.3, -0.25) is 0 Å². The van der Waals surface area contributed by atoms with Crippen molar-refractivity contribution >= 4 is 34.8 Å². The number of rotatable bonds is 6. The van der Waals surface area contributed by atoms with Gasteiger partial charge in [0.15, 0.2) is 11.4 Å². The molecule has 2 aliphatic rings. The number of carbonyl (C=O) groups excluding carboxylic acids is 1. The fourth-order valence-corrected chi connectivity index (χ4v) is 5.49. The van der Waals surface area contributed by atoms with Crippen LogP contribution in [0.4, 0.5) is 5.69 Å². The third-order valence-electron chi connectivity index (χ3n) is 7.20. The number of carbonyl (C=O) groups is 1. The van der Waals surface area contributed by atoms with Crippen LogP contribution in [0.15, 0.2) is 107 Å². The van der Waals surface area contributed by atoms with Gasteiger partial charge in [-0.15, -0.1) is 5.11 Å². The van der Waals surface area contributed by atoms with Crippen LogP contribution in [0.25, 0.3) is 0 Å². The smallest absolute Gasteiger partial charge is 0.508 e. The lowest BCUT2D eigenvalue weighted by Gasteiger charge is -2.43. The SMILES string of the molecule is CCOC(=O)c1ccc(N=NC2=C(C)O[B-](c3ccccc3)(c3ccccc3)[N+]3=C2CCCCC3)cc1. The topological polar surface area (TPSA) is 63.3 Å². The molecule has 3 aromatic carbocycles. The average molecular weight is 493 g/mol. The van der Waals surface area contributed by atoms with Gasteiger partial charge >= 0.3 is 12.5 Å². The summed E-state index contributed by atoms with van der Waals surface area (Å²) in [7, 11) is 0. The van der Waals surface area contributed by atoms with Crippen LogP contribution in [-0.4, -0.2) is 35.8 Å². The molecule has 7 heteroatoms. The lowest BCUT2D eigenvalue weighted by Crippen LogP contribution is -2.71. The zero-order valence-corrected chi connectivity index (χ0v) is 21.5. The van der Waals surface area contributed by atoms with Crippen LogP contribution in [0.2, 0.25) is 0 Å². The Morgan fingerprint density at radius 3 is 2.16 bits per heavy atom.